The number of nitrogens with two attached hydrogens (primary N) is 1. The molecule has 0 aliphatic carbocycles. The van der Waals surface area contributed by atoms with Crippen molar-refractivity contribution in [3.63, 3.8) is 0 Å². The first kappa shape index (κ1) is 13.3. The Morgan fingerprint density at radius 1 is 1.39 bits per heavy atom. The van der Waals surface area contributed by atoms with Gasteiger partial charge in [-0.15, -0.1) is 0 Å². The van der Waals surface area contributed by atoms with Gasteiger partial charge < -0.3 is 15.7 Å². The van der Waals surface area contributed by atoms with Crippen molar-refractivity contribution in [1.82, 2.24) is 0 Å². The van der Waals surface area contributed by atoms with Gasteiger partial charge in [-0.3, -0.25) is 0 Å². The fourth-order valence-electron chi connectivity index (χ4n) is 2.43. The summed E-state index contributed by atoms with van der Waals surface area (Å²) in [4.78, 5) is 2.19. The van der Waals surface area contributed by atoms with E-state index < -0.39 is 0 Å². The Kier molecular flexibility index (Phi) is 3.88. The van der Waals surface area contributed by atoms with Crippen LogP contribution in [0.2, 0.25) is 0 Å². The lowest BCUT2D eigenvalue weighted by Gasteiger charge is -2.33. The zero-order chi connectivity index (χ0) is 13.3. The van der Waals surface area contributed by atoms with E-state index in [-0.39, 0.29) is 18.0 Å². The minimum Gasteiger partial charge on any atom is -0.393 e. The zero-order valence-electron chi connectivity index (χ0n) is 11.0. The van der Waals surface area contributed by atoms with Gasteiger partial charge in [0.1, 0.15) is 5.82 Å². The van der Waals surface area contributed by atoms with Gasteiger partial charge in [0.05, 0.1) is 6.10 Å². The summed E-state index contributed by atoms with van der Waals surface area (Å²) in [6.07, 6.45) is 1.31. The molecule has 1 fully saturated rings. The van der Waals surface area contributed by atoms with Crippen molar-refractivity contribution in [2.75, 3.05) is 18.0 Å². The SMILES string of the molecule is Cc1cc(N2CCC(O)CC2)c(C(C)N)cc1F. The molecule has 0 bridgehead atoms. The first-order chi connectivity index (χ1) is 8.49. The van der Waals surface area contributed by atoms with Crippen LogP contribution in [0.1, 0.15) is 36.9 Å². The van der Waals surface area contributed by atoms with Crippen LogP contribution in [0.25, 0.3) is 0 Å². The maximum absolute atomic E-state index is 13.6. The summed E-state index contributed by atoms with van der Waals surface area (Å²) in [5.41, 5.74) is 8.42. The van der Waals surface area contributed by atoms with Gasteiger partial charge in [-0.25, -0.2) is 4.39 Å². The van der Waals surface area contributed by atoms with Gasteiger partial charge >= 0.3 is 0 Å². The van der Waals surface area contributed by atoms with Crippen LogP contribution >= 0.6 is 0 Å². The lowest BCUT2D eigenvalue weighted by Crippen LogP contribution is -2.36. The van der Waals surface area contributed by atoms with Gasteiger partial charge in [-0.2, -0.15) is 0 Å². The van der Waals surface area contributed by atoms with Gasteiger partial charge in [0.15, 0.2) is 0 Å². The molecular weight excluding hydrogens is 231 g/mol. The Bertz CT molecular complexity index is 426. The molecule has 1 aliphatic heterocycles. The zero-order valence-corrected chi connectivity index (χ0v) is 11.0. The number of halogens is 1. The van der Waals surface area contributed by atoms with E-state index in [0.717, 1.165) is 37.2 Å². The van der Waals surface area contributed by atoms with Crippen molar-refractivity contribution < 1.29 is 9.50 Å². The van der Waals surface area contributed by atoms with Crippen LogP contribution in [0.15, 0.2) is 12.1 Å². The van der Waals surface area contributed by atoms with Crippen LogP contribution in [-0.2, 0) is 0 Å². The highest BCUT2D eigenvalue weighted by Crippen LogP contribution is 2.30. The van der Waals surface area contributed by atoms with E-state index in [9.17, 15) is 9.50 Å². The third kappa shape index (κ3) is 2.65. The smallest absolute Gasteiger partial charge is 0.126 e. The van der Waals surface area contributed by atoms with Crippen LogP contribution in [-0.4, -0.2) is 24.3 Å². The Morgan fingerprint density at radius 3 is 2.56 bits per heavy atom. The number of nitrogens with zero attached hydrogens (tertiary/aromatic N) is 1. The first-order valence-corrected chi connectivity index (χ1v) is 6.47. The van der Waals surface area contributed by atoms with Crippen LogP contribution in [0.4, 0.5) is 10.1 Å². The predicted octanol–water partition coefficient (Wildman–Crippen LogP) is 2.11. The van der Waals surface area contributed by atoms with Crippen molar-refractivity contribution in [2.24, 2.45) is 5.73 Å². The molecule has 1 heterocycles. The monoisotopic (exact) mass is 252 g/mol. The van der Waals surface area contributed by atoms with E-state index in [4.69, 9.17) is 5.73 Å². The number of piperidine rings is 1. The Labute approximate surface area is 107 Å². The summed E-state index contributed by atoms with van der Waals surface area (Å²) < 4.78 is 13.6. The molecule has 4 heteroatoms. The number of aliphatic hydroxyl groups excluding tert-OH is 1. The van der Waals surface area contributed by atoms with E-state index in [0.29, 0.717) is 5.56 Å². The minimum absolute atomic E-state index is 0.193. The minimum atomic E-state index is -0.207. The maximum atomic E-state index is 13.6. The van der Waals surface area contributed by atoms with Gasteiger partial charge in [-0.1, -0.05) is 0 Å². The highest BCUT2D eigenvalue weighted by Gasteiger charge is 2.21. The third-order valence-corrected chi connectivity index (χ3v) is 3.60. The molecular formula is C14H21FN2O. The standard InChI is InChI=1S/C14H21FN2O/c1-9-7-14(12(10(2)16)8-13(9)15)17-5-3-11(18)4-6-17/h7-8,10-11,18H,3-6,16H2,1-2H3. The highest BCUT2D eigenvalue weighted by molar-refractivity contribution is 5.57. The quantitative estimate of drug-likeness (QED) is 0.847. The fourth-order valence-corrected chi connectivity index (χ4v) is 2.43. The summed E-state index contributed by atoms with van der Waals surface area (Å²) in [5.74, 6) is -0.205. The summed E-state index contributed by atoms with van der Waals surface area (Å²) in [6, 6.07) is 3.22. The molecule has 1 aromatic carbocycles. The molecule has 0 aromatic heterocycles. The van der Waals surface area contributed by atoms with Crippen LogP contribution in [0.3, 0.4) is 0 Å². The number of hydrogen-bond acceptors (Lipinski definition) is 3. The molecule has 1 saturated heterocycles. The molecule has 0 radical (unpaired) electrons. The normalized spacial score (nSPS) is 19.1. The number of aliphatic hydroxyl groups is 1. The lowest BCUT2D eigenvalue weighted by atomic mass is 10.00. The number of anilines is 1. The topological polar surface area (TPSA) is 49.5 Å². The van der Waals surface area contributed by atoms with Crippen molar-refractivity contribution >= 4 is 5.69 Å². The molecule has 18 heavy (non-hydrogen) atoms. The molecule has 2 rings (SSSR count). The molecule has 3 nitrogen and oxygen atoms in total. The van der Waals surface area contributed by atoms with Gasteiger partial charge in [0.2, 0.25) is 0 Å². The molecule has 1 atom stereocenters. The number of benzene rings is 1. The number of hydrogen-bond donors (Lipinski definition) is 2. The molecule has 1 unspecified atom stereocenters. The lowest BCUT2D eigenvalue weighted by molar-refractivity contribution is 0.145. The average Bonchev–Trinajstić information content (AvgIpc) is 2.33. The number of rotatable bonds is 2. The second kappa shape index (κ2) is 5.24. The van der Waals surface area contributed by atoms with E-state index >= 15 is 0 Å². The summed E-state index contributed by atoms with van der Waals surface area (Å²) in [7, 11) is 0. The van der Waals surface area contributed by atoms with Gasteiger partial charge in [0.25, 0.3) is 0 Å². The van der Waals surface area contributed by atoms with Crippen LogP contribution in [0.5, 0.6) is 0 Å². The molecule has 0 amide bonds. The average molecular weight is 252 g/mol. The second-order valence-corrected chi connectivity index (χ2v) is 5.17. The molecule has 1 aromatic rings. The first-order valence-electron chi connectivity index (χ1n) is 6.47. The van der Waals surface area contributed by atoms with Crippen molar-refractivity contribution in [3.05, 3.63) is 29.1 Å². The van der Waals surface area contributed by atoms with Crippen LogP contribution < -0.4 is 10.6 Å². The molecule has 1 aliphatic rings. The summed E-state index contributed by atoms with van der Waals surface area (Å²) >= 11 is 0. The van der Waals surface area contributed by atoms with E-state index in [1.165, 1.54) is 0 Å². The third-order valence-electron chi connectivity index (χ3n) is 3.60. The van der Waals surface area contributed by atoms with Crippen molar-refractivity contribution in [3.8, 4) is 0 Å². The molecule has 100 valence electrons. The Balaban J connectivity index is 2.33. The summed E-state index contributed by atoms with van der Waals surface area (Å²) in [5, 5.41) is 9.54. The molecule has 3 N–H and O–H groups in total. The maximum Gasteiger partial charge on any atom is 0.126 e. The second-order valence-electron chi connectivity index (χ2n) is 5.17. The predicted molar refractivity (Wildman–Crippen MR) is 71.2 cm³/mol. The number of aryl methyl sites for hydroxylation is 1. The summed E-state index contributed by atoms with van der Waals surface area (Å²) in [6.45, 7) is 5.23. The van der Waals surface area contributed by atoms with Gasteiger partial charge in [-0.05, 0) is 49.9 Å². The van der Waals surface area contributed by atoms with Crippen molar-refractivity contribution in [1.29, 1.82) is 0 Å². The molecule has 0 spiro atoms. The highest BCUT2D eigenvalue weighted by atomic mass is 19.1. The Hall–Kier alpha value is -1.13. The van der Waals surface area contributed by atoms with E-state index in [2.05, 4.69) is 4.90 Å². The van der Waals surface area contributed by atoms with Crippen LogP contribution in [0, 0.1) is 12.7 Å². The Morgan fingerprint density at radius 2 is 2.00 bits per heavy atom. The molecule has 0 saturated carbocycles. The van der Waals surface area contributed by atoms with Gasteiger partial charge in [0, 0.05) is 24.8 Å². The van der Waals surface area contributed by atoms with E-state index in [1.54, 1.807) is 13.0 Å². The fraction of sp³-hybridized carbons (Fsp3) is 0.571. The van der Waals surface area contributed by atoms with E-state index in [1.807, 2.05) is 13.0 Å². The largest absolute Gasteiger partial charge is 0.393 e. The van der Waals surface area contributed by atoms with Crippen molar-refractivity contribution in [2.45, 2.75) is 38.8 Å².